The van der Waals surface area contributed by atoms with E-state index in [1.54, 1.807) is 18.2 Å². The van der Waals surface area contributed by atoms with Crippen LogP contribution in [-0.2, 0) is 16.6 Å². The molecule has 2 rings (SSSR count). The summed E-state index contributed by atoms with van der Waals surface area (Å²) < 4.78 is 33.5. The second-order valence-corrected chi connectivity index (χ2v) is 7.58. The minimum absolute atomic E-state index is 0.0812. The van der Waals surface area contributed by atoms with Gasteiger partial charge in [-0.25, -0.2) is 8.42 Å². The Labute approximate surface area is 127 Å². The van der Waals surface area contributed by atoms with Crippen LogP contribution in [0.25, 0.3) is 0 Å². The van der Waals surface area contributed by atoms with Gasteiger partial charge < -0.3 is 10.2 Å². The van der Waals surface area contributed by atoms with Gasteiger partial charge in [-0.3, -0.25) is 0 Å². The van der Waals surface area contributed by atoms with Crippen molar-refractivity contribution in [3.63, 3.8) is 0 Å². The number of furan rings is 1. The third kappa shape index (κ3) is 3.03. The summed E-state index contributed by atoms with van der Waals surface area (Å²) >= 11 is 0. The lowest BCUT2D eigenvalue weighted by molar-refractivity contribution is 0.314. The topological polar surface area (TPSA) is 76.5 Å². The summed E-state index contributed by atoms with van der Waals surface area (Å²) in [5, 5.41) is 0. The molecule has 120 valence electrons. The first kappa shape index (κ1) is 16.5. The van der Waals surface area contributed by atoms with Crippen molar-refractivity contribution >= 4 is 10.0 Å². The van der Waals surface area contributed by atoms with Gasteiger partial charge in [-0.2, -0.15) is 4.31 Å². The summed E-state index contributed by atoms with van der Waals surface area (Å²) in [5.41, 5.74) is 6.36. The van der Waals surface area contributed by atoms with Gasteiger partial charge in [0.25, 0.3) is 0 Å². The Kier molecular flexibility index (Phi) is 5.11. The molecule has 1 unspecified atom stereocenters. The predicted molar refractivity (Wildman–Crippen MR) is 82.5 cm³/mol. The van der Waals surface area contributed by atoms with Gasteiger partial charge in [-0.15, -0.1) is 0 Å². The van der Waals surface area contributed by atoms with E-state index >= 15 is 0 Å². The first-order valence-corrected chi connectivity index (χ1v) is 9.18. The predicted octanol–water partition coefficient (Wildman–Crippen LogP) is 2.70. The van der Waals surface area contributed by atoms with Gasteiger partial charge >= 0.3 is 0 Å². The lowest BCUT2D eigenvalue weighted by atomic mass is 10.1. The Morgan fingerprint density at radius 2 is 1.95 bits per heavy atom. The molecule has 0 bridgehead atoms. The molecule has 1 aliphatic heterocycles. The van der Waals surface area contributed by atoms with Crippen LogP contribution in [-0.4, -0.2) is 25.3 Å². The fourth-order valence-electron chi connectivity index (χ4n) is 3.28. The maximum Gasteiger partial charge on any atom is 0.247 e. The molecule has 2 N–H and O–H groups in total. The van der Waals surface area contributed by atoms with Crippen molar-refractivity contribution in [2.45, 2.75) is 70.4 Å². The van der Waals surface area contributed by atoms with Crippen molar-refractivity contribution in [3.8, 4) is 0 Å². The lowest BCUT2D eigenvalue weighted by Crippen LogP contribution is -2.40. The lowest BCUT2D eigenvalue weighted by Gasteiger charge is -2.28. The molecular formula is C15H26N2O3S. The Hall–Kier alpha value is -0.850. The number of sulfonamides is 1. The first-order valence-electron chi connectivity index (χ1n) is 7.74. The number of hydrogen-bond acceptors (Lipinski definition) is 4. The fraction of sp³-hybridized carbons (Fsp3) is 0.733. The highest BCUT2D eigenvalue weighted by Gasteiger charge is 2.36. The van der Waals surface area contributed by atoms with E-state index in [2.05, 4.69) is 6.92 Å². The minimum Gasteiger partial charge on any atom is -0.465 e. The van der Waals surface area contributed by atoms with E-state index in [9.17, 15) is 8.42 Å². The Bertz CT molecular complexity index is 592. The smallest absolute Gasteiger partial charge is 0.247 e. The SMILES string of the molecule is CCC1CCCCCN1S(=O)(=O)c1c(C)oc(C)c1CN. The molecule has 0 saturated carbocycles. The average Bonchev–Trinajstić information content (AvgIpc) is 2.63. The van der Waals surface area contributed by atoms with Crippen molar-refractivity contribution in [2.75, 3.05) is 6.54 Å². The van der Waals surface area contributed by atoms with Crippen LogP contribution in [0.2, 0.25) is 0 Å². The van der Waals surface area contributed by atoms with Gasteiger partial charge in [0.05, 0.1) is 0 Å². The molecule has 0 aromatic carbocycles. The first-order chi connectivity index (χ1) is 9.93. The molecule has 2 heterocycles. The molecule has 0 amide bonds. The fourth-order valence-corrected chi connectivity index (χ4v) is 5.47. The Morgan fingerprint density at radius 3 is 2.57 bits per heavy atom. The molecule has 6 heteroatoms. The van der Waals surface area contributed by atoms with E-state index in [0.29, 0.717) is 28.5 Å². The molecule has 21 heavy (non-hydrogen) atoms. The zero-order valence-corrected chi connectivity index (χ0v) is 14.0. The molecule has 1 aromatic heterocycles. The zero-order valence-electron chi connectivity index (χ0n) is 13.2. The molecule has 0 radical (unpaired) electrons. The third-order valence-electron chi connectivity index (χ3n) is 4.39. The van der Waals surface area contributed by atoms with Gasteiger partial charge in [0, 0.05) is 24.7 Å². The molecule has 0 spiro atoms. The maximum absolute atomic E-state index is 13.1. The van der Waals surface area contributed by atoms with Crippen LogP contribution in [0.4, 0.5) is 0 Å². The molecule has 1 aromatic rings. The summed E-state index contributed by atoms with van der Waals surface area (Å²) in [6.45, 7) is 6.30. The van der Waals surface area contributed by atoms with E-state index in [4.69, 9.17) is 10.2 Å². The largest absolute Gasteiger partial charge is 0.465 e. The van der Waals surface area contributed by atoms with Crippen molar-refractivity contribution in [1.29, 1.82) is 0 Å². The number of aryl methyl sites for hydroxylation is 2. The Balaban J connectivity index is 2.50. The second kappa shape index (κ2) is 6.50. The minimum atomic E-state index is -3.54. The number of nitrogens with two attached hydrogens (primary N) is 1. The van der Waals surface area contributed by atoms with Crippen molar-refractivity contribution in [1.82, 2.24) is 4.31 Å². The monoisotopic (exact) mass is 314 g/mol. The van der Waals surface area contributed by atoms with Crippen molar-refractivity contribution in [2.24, 2.45) is 5.73 Å². The summed E-state index contributed by atoms with van der Waals surface area (Å²) in [6.07, 6.45) is 4.88. The zero-order chi connectivity index (χ0) is 15.6. The standard InChI is InChI=1S/C15H26N2O3S/c1-4-13-8-6-5-7-9-17(13)21(18,19)15-12(3)20-11(2)14(15)10-16/h13H,4-10,16H2,1-3H3. The highest BCUT2D eigenvalue weighted by atomic mass is 32.2. The van der Waals surface area contributed by atoms with E-state index in [-0.39, 0.29) is 12.6 Å². The van der Waals surface area contributed by atoms with E-state index in [1.165, 1.54) is 0 Å². The van der Waals surface area contributed by atoms with E-state index < -0.39 is 10.0 Å². The molecule has 1 fully saturated rings. The van der Waals surface area contributed by atoms with Crippen LogP contribution in [0, 0.1) is 13.8 Å². The van der Waals surface area contributed by atoms with E-state index in [1.807, 2.05) is 0 Å². The van der Waals surface area contributed by atoms with Crippen molar-refractivity contribution in [3.05, 3.63) is 17.1 Å². The van der Waals surface area contributed by atoms with Gasteiger partial charge in [-0.05, 0) is 33.1 Å². The normalized spacial score (nSPS) is 21.4. The Morgan fingerprint density at radius 1 is 1.24 bits per heavy atom. The summed E-state index contributed by atoms with van der Waals surface area (Å²) in [7, 11) is -3.54. The van der Waals surface area contributed by atoms with Crippen LogP contribution < -0.4 is 5.73 Å². The van der Waals surface area contributed by atoms with Crippen LogP contribution in [0.15, 0.2) is 9.31 Å². The maximum atomic E-state index is 13.1. The molecular weight excluding hydrogens is 288 g/mol. The van der Waals surface area contributed by atoms with Gasteiger partial charge in [-0.1, -0.05) is 19.8 Å². The highest BCUT2D eigenvalue weighted by Crippen LogP contribution is 2.32. The molecule has 5 nitrogen and oxygen atoms in total. The molecule has 0 aliphatic carbocycles. The summed E-state index contributed by atoms with van der Waals surface area (Å²) in [4.78, 5) is 0.294. The van der Waals surface area contributed by atoms with Gasteiger partial charge in [0.1, 0.15) is 16.4 Å². The van der Waals surface area contributed by atoms with Gasteiger partial charge in [0.2, 0.25) is 10.0 Å². The number of nitrogens with zero attached hydrogens (tertiary/aromatic N) is 1. The van der Waals surface area contributed by atoms with Crippen LogP contribution in [0.5, 0.6) is 0 Å². The van der Waals surface area contributed by atoms with Crippen molar-refractivity contribution < 1.29 is 12.8 Å². The van der Waals surface area contributed by atoms with Crippen LogP contribution in [0.3, 0.4) is 0 Å². The highest BCUT2D eigenvalue weighted by molar-refractivity contribution is 7.89. The third-order valence-corrected chi connectivity index (χ3v) is 6.54. The molecule has 1 atom stereocenters. The van der Waals surface area contributed by atoms with Crippen LogP contribution in [0.1, 0.15) is 56.1 Å². The summed E-state index contributed by atoms with van der Waals surface area (Å²) in [5.74, 6) is 1.06. The summed E-state index contributed by atoms with van der Waals surface area (Å²) in [6, 6.07) is 0.0812. The second-order valence-electron chi connectivity index (χ2n) is 5.75. The van der Waals surface area contributed by atoms with Crippen LogP contribution >= 0.6 is 0 Å². The number of hydrogen-bond donors (Lipinski definition) is 1. The van der Waals surface area contributed by atoms with Gasteiger partial charge in [0.15, 0.2) is 0 Å². The van der Waals surface area contributed by atoms with E-state index in [0.717, 1.165) is 32.1 Å². The average molecular weight is 314 g/mol. The quantitative estimate of drug-likeness (QED) is 0.927. The molecule has 1 saturated heterocycles. The number of rotatable bonds is 4. The molecule has 1 aliphatic rings.